The topological polar surface area (TPSA) is 82.9 Å². The lowest BCUT2D eigenvalue weighted by molar-refractivity contribution is -0.121. The average Bonchev–Trinajstić information content (AvgIpc) is 2.84. The zero-order chi connectivity index (χ0) is 22.4. The predicted octanol–water partition coefficient (Wildman–Crippen LogP) is 3.85. The molecule has 0 heterocycles. The number of hydrazone groups is 2. The summed E-state index contributed by atoms with van der Waals surface area (Å²) in [5, 5.41) is 8.00. The molecule has 0 bridgehead atoms. The summed E-state index contributed by atoms with van der Waals surface area (Å²) >= 11 is 0. The van der Waals surface area contributed by atoms with Crippen LogP contribution in [0.2, 0.25) is 0 Å². The lowest BCUT2D eigenvalue weighted by atomic mass is 10.1. The molecule has 3 rings (SSSR count). The smallest absolute Gasteiger partial charge is 0.240 e. The lowest BCUT2D eigenvalue weighted by Gasteiger charge is -2.01. The van der Waals surface area contributed by atoms with Gasteiger partial charge in [-0.1, -0.05) is 84.9 Å². The second-order valence-corrected chi connectivity index (χ2v) is 7.22. The Balaban J connectivity index is 1.36. The molecule has 2 amide bonds. The Morgan fingerprint density at radius 1 is 0.594 bits per heavy atom. The first-order valence-electron chi connectivity index (χ1n) is 10.5. The number of nitrogens with zero attached hydrogens (tertiary/aromatic N) is 2. The van der Waals surface area contributed by atoms with Gasteiger partial charge in [-0.25, -0.2) is 10.9 Å². The average molecular weight is 427 g/mol. The van der Waals surface area contributed by atoms with E-state index < -0.39 is 0 Å². The zero-order valence-electron chi connectivity index (χ0n) is 17.8. The second-order valence-electron chi connectivity index (χ2n) is 7.22. The summed E-state index contributed by atoms with van der Waals surface area (Å²) in [5.41, 5.74) is 9.02. The Bertz CT molecular complexity index is 960. The molecular formula is C26H26N4O2. The van der Waals surface area contributed by atoms with E-state index in [4.69, 9.17) is 0 Å². The zero-order valence-corrected chi connectivity index (χ0v) is 17.8. The van der Waals surface area contributed by atoms with Gasteiger partial charge in [0.05, 0.1) is 12.4 Å². The van der Waals surface area contributed by atoms with Crippen molar-refractivity contribution in [2.75, 3.05) is 0 Å². The fourth-order valence-electron chi connectivity index (χ4n) is 2.94. The lowest BCUT2D eigenvalue weighted by Crippen LogP contribution is -2.18. The third kappa shape index (κ3) is 8.36. The summed E-state index contributed by atoms with van der Waals surface area (Å²) in [6, 6.07) is 27.2. The Hall–Kier alpha value is -4.06. The Morgan fingerprint density at radius 2 is 0.969 bits per heavy atom. The molecule has 0 unspecified atom stereocenters. The number of carbonyl (C=O) groups excluding carboxylic acids is 2. The van der Waals surface area contributed by atoms with Gasteiger partial charge in [0, 0.05) is 12.8 Å². The molecule has 3 aromatic carbocycles. The third-order valence-electron chi connectivity index (χ3n) is 4.71. The van der Waals surface area contributed by atoms with Crippen LogP contribution in [-0.4, -0.2) is 24.2 Å². The molecule has 0 aliphatic carbocycles. The van der Waals surface area contributed by atoms with E-state index >= 15 is 0 Å². The minimum atomic E-state index is -0.128. The van der Waals surface area contributed by atoms with E-state index in [1.807, 2.05) is 84.9 Å². The first-order valence-corrected chi connectivity index (χ1v) is 10.5. The van der Waals surface area contributed by atoms with Gasteiger partial charge in [0.25, 0.3) is 0 Å². The molecule has 0 aliphatic rings. The van der Waals surface area contributed by atoms with E-state index in [1.54, 1.807) is 12.4 Å². The predicted molar refractivity (Wildman–Crippen MR) is 127 cm³/mol. The normalized spacial score (nSPS) is 11.0. The van der Waals surface area contributed by atoms with Crippen molar-refractivity contribution in [3.63, 3.8) is 0 Å². The maximum absolute atomic E-state index is 11.9. The van der Waals surface area contributed by atoms with Crippen LogP contribution in [0.3, 0.4) is 0 Å². The highest BCUT2D eigenvalue weighted by Gasteiger charge is 2.01. The quantitative estimate of drug-likeness (QED) is 0.381. The molecule has 0 saturated heterocycles. The summed E-state index contributed by atoms with van der Waals surface area (Å²) in [5.74, 6) is -0.256. The minimum Gasteiger partial charge on any atom is -0.273 e. The van der Waals surface area contributed by atoms with Crippen LogP contribution in [0, 0.1) is 0 Å². The van der Waals surface area contributed by atoms with Crippen LogP contribution in [0.1, 0.15) is 35.1 Å². The van der Waals surface area contributed by atoms with Gasteiger partial charge in [-0.05, 0) is 35.1 Å². The largest absolute Gasteiger partial charge is 0.273 e. The molecule has 0 spiro atoms. The van der Waals surface area contributed by atoms with Crippen LogP contribution in [-0.2, 0) is 22.4 Å². The van der Waals surface area contributed by atoms with Gasteiger partial charge in [-0.3, -0.25) is 9.59 Å². The Labute approximate surface area is 188 Å². The van der Waals surface area contributed by atoms with Crippen molar-refractivity contribution in [2.45, 2.75) is 25.7 Å². The van der Waals surface area contributed by atoms with Crippen molar-refractivity contribution >= 4 is 24.2 Å². The fourth-order valence-corrected chi connectivity index (χ4v) is 2.94. The number of carbonyl (C=O) groups is 2. The van der Waals surface area contributed by atoms with Gasteiger partial charge < -0.3 is 0 Å². The SMILES string of the molecule is O=C(CCc1ccccc1)N/N=C/c1ccc(/C=N/NC(=O)CCc2ccccc2)cc1. The highest BCUT2D eigenvalue weighted by atomic mass is 16.2. The summed E-state index contributed by atoms with van der Waals surface area (Å²) in [6.45, 7) is 0. The number of aryl methyl sites for hydroxylation is 2. The molecule has 3 aromatic rings. The molecule has 0 aromatic heterocycles. The first-order chi connectivity index (χ1) is 15.7. The third-order valence-corrected chi connectivity index (χ3v) is 4.71. The second kappa shape index (κ2) is 12.6. The maximum atomic E-state index is 11.9. The number of amides is 2. The van der Waals surface area contributed by atoms with E-state index in [-0.39, 0.29) is 11.8 Å². The van der Waals surface area contributed by atoms with E-state index in [0.717, 1.165) is 22.3 Å². The summed E-state index contributed by atoms with van der Waals surface area (Å²) < 4.78 is 0. The molecule has 6 nitrogen and oxygen atoms in total. The van der Waals surface area contributed by atoms with Crippen molar-refractivity contribution in [2.24, 2.45) is 10.2 Å². The van der Waals surface area contributed by atoms with Crippen molar-refractivity contribution in [3.05, 3.63) is 107 Å². The maximum Gasteiger partial charge on any atom is 0.240 e. The van der Waals surface area contributed by atoms with Gasteiger partial charge in [0.1, 0.15) is 0 Å². The van der Waals surface area contributed by atoms with Crippen LogP contribution >= 0.6 is 0 Å². The van der Waals surface area contributed by atoms with Crippen LogP contribution in [0.25, 0.3) is 0 Å². The number of rotatable bonds is 10. The van der Waals surface area contributed by atoms with Crippen LogP contribution < -0.4 is 10.9 Å². The minimum absolute atomic E-state index is 0.128. The Kier molecular flexibility index (Phi) is 8.90. The van der Waals surface area contributed by atoms with Crippen LogP contribution in [0.4, 0.5) is 0 Å². The van der Waals surface area contributed by atoms with Crippen LogP contribution in [0.5, 0.6) is 0 Å². The van der Waals surface area contributed by atoms with Gasteiger partial charge in [-0.15, -0.1) is 0 Å². The van der Waals surface area contributed by atoms with Gasteiger partial charge >= 0.3 is 0 Å². The van der Waals surface area contributed by atoms with E-state index in [9.17, 15) is 9.59 Å². The van der Waals surface area contributed by atoms with Gasteiger partial charge in [0.15, 0.2) is 0 Å². The Morgan fingerprint density at radius 3 is 1.34 bits per heavy atom. The molecule has 0 fully saturated rings. The van der Waals surface area contributed by atoms with Gasteiger partial charge in [0.2, 0.25) is 11.8 Å². The molecule has 6 heteroatoms. The molecule has 0 atom stereocenters. The molecule has 162 valence electrons. The molecule has 0 aliphatic heterocycles. The van der Waals surface area contributed by atoms with Crippen molar-refractivity contribution in [1.82, 2.24) is 10.9 Å². The summed E-state index contributed by atoms with van der Waals surface area (Å²) in [7, 11) is 0. The van der Waals surface area contributed by atoms with Crippen molar-refractivity contribution in [3.8, 4) is 0 Å². The molecule has 0 saturated carbocycles. The fraction of sp³-hybridized carbons (Fsp3) is 0.154. The molecule has 2 N–H and O–H groups in total. The number of benzene rings is 3. The van der Waals surface area contributed by atoms with Crippen molar-refractivity contribution in [1.29, 1.82) is 0 Å². The van der Waals surface area contributed by atoms with E-state index in [0.29, 0.717) is 25.7 Å². The highest BCUT2D eigenvalue weighted by molar-refractivity contribution is 5.86. The molecular weight excluding hydrogens is 400 g/mol. The van der Waals surface area contributed by atoms with Crippen LogP contribution in [0.15, 0.2) is 95.1 Å². The van der Waals surface area contributed by atoms with E-state index in [1.165, 1.54) is 0 Å². The number of nitrogens with one attached hydrogen (secondary N) is 2. The van der Waals surface area contributed by atoms with Gasteiger partial charge in [-0.2, -0.15) is 10.2 Å². The molecule has 0 radical (unpaired) electrons. The summed E-state index contributed by atoms with van der Waals surface area (Å²) in [4.78, 5) is 23.8. The van der Waals surface area contributed by atoms with E-state index in [2.05, 4.69) is 21.1 Å². The molecule has 32 heavy (non-hydrogen) atoms. The first kappa shape index (κ1) is 22.6. The highest BCUT2D eigenvalue weighted by Crippen LogP contribution is 2.04. The van der Waals surface area contributed by atoms with Crippen molar-refractivity contribution < 1.29 is 9.59 Å². The standard InChI is InChI=1S/C26H26N4O2/c31-25(17-15-21-7-3-1-4-8-21)29-27-19-23-11-13-24(14-12-23)20-28-30-26(32)18-16-22-9-5-2-6-10-22/h1-14,19-20H,15-18H2,(H,29,31)(H,30,32)/b27-19+,28-20+. The number of hydrogen-bond acceptors (Lipinski definition) is 4. The number of hydrogen-bond donors (Lipinski definition) is 2. The summed E-state index contributed by atoms with van der Waals surface area (Å²) in [6.07, 6.45) is 5.30. The monoisotopic (exact) mass is 426 g/mol.